The second-order valence-electron chi connectivity index (χ2n) is 3.77. The van der Waals surface area contributed by atoms with Gasteiger partial charge in [0.05, 0.1) is 0 Å². The summed E-state index contributed by atoms with van der Waals surface area (Å²) in [6.07, 6.45) is 1.89. The van der Waals surface area contributed by atoms with Crippen molar-refractivity contribution in [2.24, 2.45) is 5.92 Å². The molecule has 1 nitrogen and oxygen atoms in total. The first-order valence-corrected chi connectivity index (χ1v) is 5.63. The van der Waals surface area contributed by atoms with Gasteiger partial charge in [0, 0.05) is 5.02 Å². The third-order valence-electron chi connectivity index (χ3n) is 2.59. The zero-order valence-corrected chi connectivity index (χ0v) is 9.94. The number of halogens is 2. The first-order chi connectivity index (χ1) is 7.17. The second kappa shape index (κ2) is 6.09. The minimum absolute atomic E-state index is 0.214. The summed E-state index contributed by atoms with van der Waals surface area (Å²) < 4.78 is 13.0. The van der Waals surface area contributed by atoms with E-state index in [4.69, 9.17) is 11.6 Å². The molecule has 0 bridgehead atoms. The summed E-state index contributed by atoms with van der Waals surface area (Å²) in [6.45, 7) is 3.07. The van der Waals surface area contributed by atoms with Crippen molar-refractivity contribution in [3.8, 4) is 0 Å². The molecule has 1 aromatic carbocycles. The van der Waals surface area contributed by atoms with Gasteiger partial charge in [-0.1, -0.05) is 24.9 Å². The van der Waals surface area contributed by atoms with Gasteiger partial charge in [-0.25, -0.2) is 4.39 Å². The van der Waals surface area contributed by atoms with Crippen molar-refractivity contribution < 1.29 is 4.39 Å². The molecule has 1 atom stereocenters. The molecule has 0 aliphatic carbocycles. The molecule has 0 radical (unpaired) electrons. The van der Waals surface area contributed by atoms with Gasteiger partial charge in [-0.15, -0.1) is 0 Å². The van der Waals surface area contributed by atoms with Gasteiger partial charge < -0.3 is 5.32 Å². The van der Waals surface area contributed by atoms with Crippen molar-refractivity contribution >= 4 is 11.6 Å². The molecule has 1 aromatic rings. The number of rotatable bonds is 5. The third-order valence-corrected chi connectivity index (χ3v) is 2.96. The monoisotopic (exact) mass is 229 g/mol. The van der Waals surface area contributed by atoms with Gasteiger partial charge in [-0.05, 0) is 49.7 Å². The van der Waals surface area contributed by atoms with E-state index in [0.29, 0.717) is 10.9 Å². The Morgan fingerprint density at radius 3 is 2.80 bits per heavy atom. The summed E-state index contributed by atoms with van der Waals surface area (Å²) >= 11 is 6.01. The normalized spacial score (nSPS) is 12.8. The van der Waals surface area contributed by atoms with E-state index in [1.807, 2.05) is 7.05 Å². The quantitative estimate of drug-likeness (QED) is 0.817. The average molecular weight is 230 g/mol. The van der Waals surface area contributed by atoms with Gasteiger partial charge in [-0.2, -0.15) is 0 Å². The molecule has 0 aliphatic rings. The molecule has 0 heterocycles. The van der Waals surface area contributed by atoms with Crippen LogP contribution in [0.2, 0.25) is 5.02 Å². The third kappa shape index (κ3) is 3.80. The smallest absolute Gasteiger partial charge is 0.123 e. The van der Waals surface area contributed by atoms with Crippen molar-refractivity contribution in [3.05, 3.63) is 34.6 Å². The van der Waals surface area contributed by atoms with Crippen molar-refractivity contribution in [1.29, 1.82) is 0 Å². The summed E-state index contributed by atoms with van der Waals surface area (Å²) in [6, 6.07) is 4.55. The Balaban J connectivity index is 2.73. The highest BCUT2D eigenvalue weighted by molar-refractivity contribution is 6.31. The second-order valence-corrected chi connectivity index (χ2v) is 4.18. The van der Waals surface area contributed by atoms with Crippen LogP contribution in [-0.4, -0.2) is 13.6 Å². The molecule has 0 saturated heterocycles. The van der Waals surface area contributed by atoms with Crippen LogP contribution in [-0.2, 0) is 6.42 Å². The SMILES string of the molecule is CCC(CNC)Cc1cc(F)ccc1Cl. The van der Waals surface area contributed by atoms with Crippen molar-refractivity contribution in [1.82, 2.24) is 5.32 Å². The lowest BCUT2D eigenvalue weighted by Crippen LogP contribution is -2.20. The predicted molar refractivity (Wildman–Crippen MR) is 62.8 cm³/mol. The molecule has 0 aliphatic heterocycles. The molecular weight excluding hydrogens is 213 g/mol. The summed E-state index contributed by atoms with van der Waals surface area (Å²) in [5.74, 6) is 0.294. The average Bonchev–Trinajstić information content (AvgIpc) is 2.22. The Hall–Kier alpha value is -0.600. The lowest BCUT2D eigenvalue weighted by Gasteiger charge is -2.15. The summed E-state index contributed by atoms with van der Waals surface area (Å²) in [4.78, 5) is 0. The number of hydrogen-bond acceptors (Lipinski definition) is 1. The molecular formula is C12H17ClFN. The molecule has 84 valence electrons. The van der Waals surface area contributed by atoms with Crippen LogP contribution >= 0.6 is 11.6 Å². The van der Waals surface area contributed by atoms with E-state index < -0.39 is 0 Å². The Kier molecular flexibility index (Phi) is 5.06. The summed E-state index contributed by atoms with van der Waals surface area (Å²) in [7, 11) is 1.93. The van der Waals surface area contributed by atoms with Gasteiger partial charge >= 0.3 is 0 Å². The van der Waals surface area contributed by atoms with Gasteiger partial charge in [0.15, 0.2) is 0 Å². The van der Waals surface area contributed by atoms with Crippen LogP contribution in [0.4, 0.5) is 4.39 Å². The van der Waals surface area contributed by atoms with Crippen molar-refractivity contribution in [2.75, 3.05) is 13.6 Å². The fourth-order valence-corrected chi connectivity index (χ4v) is 1.85. The molecule has 1 rings (SSSR count). The highest BCUT2D eigenvalue weighted by Gasteiger charge is 2.09. The van der Waals surface area contributed by atoms with Crippen LogP contribution in [0.15, 0.2) is 18.2 Å². The number of hydrogen-bond donors (Lipinski definition) is 1. The van der Waals surface area contributed by atoms with Gasteiger partial charge in [0.2, 0.25) is 0 Å². The van der Waals surface area contributed by atoms with E-state index in [1.165, 1.54) is 12.1 Å². The summed E-state index contributed by atoms with van der Waals surface area (Å²) in [5.41, 5.74) is 0.902. The first-order valence-electron chi connectivity index (χ1n) is 5.25. The van der Waals surface area contributed by atoms with Gasteiger partial charge in [0.1, 0.15) is 5.82 Å². The maximum Gasteiger partial charge on any atom is 0.123 e. The minimum Gasteiger partial charge on any atom is -0.319 e. The van der Waals surface area contributed by atoms with Crippen LogP contribution in [0.5, 0.6) is 0 Å². The fourth-order valence-electron chi connectivity index (χ4n) is 1.66. The first kappa shape index (κ1) is 12.5. The largest absolute Gasteiger partial charge is 0.319 e. The maximum atomic E-state index is 13.0. The van der Waals surface area contributed by atoms with Crippen LogP contribution in [0, 0.1) is 11.7 Å². The lowest BCUT2D eigenvalue weighted by atomic mass is 9.97. The highest BCUT2D eigenvalue weighted by Crippen LogP contribution is 2.21. The van der Waals surface area contributed by atoms with Crippen molar-refractivity contribution in [2.45, 2.75) is 19.8 Å². The number of nitrogens with one attached hydrogen (secondary N) is 1. The van der Waals surface area contributed by atoms with E-state index in [2.05, 4.69) is 12.2 Å². The predicted octanol–water partition coefficient (Wildman–Crippen LogP) is 3.27. The molecule has 0 spiro atoms. The van der Waals surface area contributed by atoms with E-state index in [-0.39, 0.29) is 5.82 Å². The Bertz CT molecular complexity index is 314. The molecule has 0 aromatic heterocycles. The molecule has 0 saturated carbocycles. The molecule has 0 fully saturated rings. The molecule has 15 heavy (non-hydrogen) atoms. The molecule has 1 unspecified atom stereocenters. The van der Waals surface area contributed by atoms with Gasteiger partial charge in [-0.3, -0.25) is 0 Å². The Labute approximate surface area is 95.6 Å². The topological polar surface area (TPSA) is 12.0 Å². The standard InChI is InChI=1S/C12H17ClFN/c1-3-9(8-15-2)6-10-7-11(14)4-5-12(10)13/h4-5,7,9,15H,3,6,8H2,1-2H3. The van der Waals surface area contributed by atoms with Gasteiger partial charge in [0.25, 0.3) is 0 Å². The summed E-state index contributed by atoms with van der Waals surface area (Å²) in [5, 5.41) is 3.79. The van der Waals surface area contributed by atoms with Crippen LogP contribution in [0.1, 0.15) is 18.9 Å². The lowest BCUT2D eigenvalue weighted by molar-refractivity contribution is 0.480. The van der Waals surface area contributed by atoms with E-state index in [1.54, 1.807) is 6.07 Å². The molecule has 0 amide bonds. The highest BCUT2D eigenvalue weighted by atomic mass is 35.5. The van der Waals surface area contributed by atoms with Crippen LogP contribution in [0.25, 0.3) is 0 Å². The molecule has 1 N–H and O–H groups in total. The zero-order valence-electron chi connectivity index (χ0n) is 9.19. The Morgan fingerprint density at radius 2 is 2.20 bits per heavy atom. The van der Waals surface area contributed by atoms with Crippen molar-refractivity contribution in [3.63, 3.8) is 0 Å². The fraction of sp³-hybridized carbons (Fsp3) is 0.500. The minimum atomic E-state index is -0.214. The zero-order chi connectivity index (χ0) is 11.3. The Morgan fingerprint density at radius 1 is 1.47 bits per heavy atom. The van der Waals surface area contributed by atoms with E-state index in [9.17, 15) is 4.39 Å². The van der Waals surface area contributed by atoms with Crippen LogP contribution in [0.3, 0.4) is 0 Å². The maximum absolute atomic E-state index is 13.0. The van der Waals surface area contributed by atoms with Crippen LogP contribution < -0.4 is 5.32 Å². The number of benzene rings is 1. The van der Waals surface area contributed by atoms with E-state index in [0.717, 1.165) is 24.9 Å². The van der Waals surface area contributed by atoms with E-state index >= 15 is 0 Å². The molecule has 3 heteroatoms.